The third-order valence-corrected chi connectivity index (χ3v) is 4.63. The fourth-order valence-electron chi connectivity index (χ4n) is 3.34. The van der Waals surface area contributed by atoms with Crippen molar-refractivity contribution in [3.05, 3.63) is 64.2 Å². The molecule has 0 N–H and O–H groups in total. The van der Waals surface area contributed by atoms with Crippen molar-refractivity contribution in [3.63, 3.8) is 0 Å². The fraction of sp³-hybridized carbons (Fsp3) is 0.304. The second kappa shape index (κ2) is 7.28. The number of nitrogens with zero attached hydrogens (tertiary/aromatic N) is 1. The molecule has 0 saturated carbocycles. The number of aryl methyl sites for hydroxylation is 3. The first-order valence-electron chi connectivity index (χ1n) is 9.08. The standard InChI is InChI=1S/C23H25NO2/c1-6-11-26-23(25)20-17(5)22(18-9-7-14(2)8-10-18)24-21-16(4)12-15(3)13-19(20)21/h7-10,12-13H,6,11H2,1-5H3. The average molecular weight is 347 g/mol. The molecule has 0 radical (unpaired) electrons. The van der Waals surface area contributed by atoms with E-state index in [0.29, 0.717) is 12.2 Å². The Hall–Kier alpha value is -2.68. The lowest BCUT2D eigenvalue weighted by Crippen LogP contribution is -2.11. The van der Waals surface area contributed by atoms with Crippen molar-refractivity contribution in [2.75, 3.05) is 6.61 Å². The van der Waals surface area contributed by atoms with Crippen molar-refractivity contribution in [3.8, 4) is 11.3 Å². The molecule has 0 aliphatic heterocycles. The summed E-state index contributed by atoms with van der Waals surface area (Å²) in [5, 5.41) is 0.872. The summed E-state index contributed by atoms with van der Waals surface area (Å²) in [5.74, 6) is -0.268. The van der Waals surface area contributed by atoms with Gasteiger partial charge in [-0.2, -0.15) is 0 Å². The summed E-state index contributed by atoms with van der Waals surface area (Å²) in [4.78, 5) is 17.8. The van der Waals surface area contributed by atoms with E-state index in [1.165, 1.54) is 5.56 Å². The number of carbonyl (C=O) groups is 1. The average Bonchev–Trinajstić information content (AvgIpc) is 2.60. The van der Waals surface area contributed by atoms with Gasteiger partial charge in [0.05, 0.1) is 23.4 Å². The van der Waals surface area contributed by atoms with Crippen LogP contribution in [0.3, 0.4) is 0 Å². The lowest BCUT2D eigenvalue weighted by Gasteiger charge is -2.16. The molecular formula is C23H25NO2. The Labute approximate surface area is 155 Å². The van der Waals surface area contributed by atoms with Gasteiger partial charge in [0.15, 0.2) is 0 Å². The molecule has 3 nitrogen and oxygen atoms in total. The first kappa shape index (κ1) is 18.1. The maximum absolute atomic E-state index is 12.8. The van der Waals surface area contributed by atoms with E-state index in [2.05, 4.69) is 37.3 Å². The number of esters is 1. The Bertz CT molecular complexity index is 972. The lowest BCUT2D eigenvalue weighted by atomic mass is 9.95. The monoisotopic (exact) mass is 347 g/mol. The molecule has 0 fully saturated rings. The lowest BCUT2D eigenvalue weighted by molar-refractivity contribution is 0.0506. The van der Waals surface area contributed by atoms with Crippen LogP contribution < -0.4 is 0 Å². The molecule has 0 saturated heterocycles. The largest absolute Gasteiger partial charge is 0.462 e. The molecule has 0 spiro atoms. The first-order chi connectivity index (χ1) is 12.4. The van der Waals surface area contributed by atoms with Gasteiger partial charge >= 0.3 is 5.97 Å². The van der Waals surface area contributed by atoms with Crippen molar-refractivity contribution >= 4 is 16.9 Å². The maximum Gasteiger partial charge on any atom is 0.339 e. The van der Waals surface area contributed by atoms with Gasteiger partial charge in [0, 0.05) is 10.9 Å². The van der Waals surface area contributed by atoms with Gasteiger partial charge in [-0.1, -0.05) is 48.4 Å². The normalized spacial score (nSPS) is 11.0. The van der Waals surface area contributed by atoms with Crippen LogP contribution in [0.4, 0.5) is 0 Å². The highest BCUT2D eigenvalue weighted by atomic mass is 16.5. The van der Waals surface area contributed by atoms with Gasteiger partial charge in [-0.25, -0.2) is 9.78 Å². The van der Waals surface area contributed by atoms with Crippen molar-refractivity contribution in [1.29, 1.82) is 0 Å². The number of benzene rings is 2. The molecule has 26 heavy (non-hydrogen) atoms. The molecular weight excluding hydrogens is 322 g/mol. The Balaban J connectivity index is 2.32. The maximum atomic E-state index is 12.8. The van der Waals surface area contributed by atoms with Crippen LogP contribution in [0, 0.1) is 27.7 Å². The van der Waals surface area contributed by atoms with Gasteiger partial charge in [0.2, 0.25) is 0 Å². The number of ether oxygens (including phenoxy) is 1. The number of fused-ring (bicyclic) bond motifs is 1. The summed E-state index contributed by atoms with van der Waals surface area (Å²) in [5.41, 5.74) is 7.59. The quantitative estimate of drug-likeness (QED) is 0.568. The molecule has 3 heteroatoms. The van der Waals surface area contributed by atoms with Crippen LogP contribution in [0.25, 0.3) is 22.2 Å². The van der Waals surface area contributed by atoms with Crippen LogP contribution in [0.2, 0.25) is 0 Å². The van der Waals surface area contributed by atoms with E-state index in [4.69, 9.17) is 9.72 Å². The summed E-state index contributed by atoms with van der Waals surface area (Å²) in [6, 6.07) is 12.4. The molecule has 0 unspecified atom stereocenters. The van der Waals surface area contributed by atoms with Gasteiger partial charge in [-0.3, -0.25) is 0 Å². The molecule has 0 atom stereocenters. The van der Waals surface area contributed by atoms with Gasteiger partial charge in [0.25, 0.3) is 0 Å². The van der Waals surface area contributed by atoms with Gasteiger partial charge in [0.1, 0.15) is 0 Å². The smallest absolute Gasteiger partial charge is 0.339 e. The summed E-state index contributed by atoms with van der Waals surface area (Å²) in [6.45, 7) is 10.5. The summed E-state index contributed by atoms with van der Waals surface area (Å²) in [6.07, 6.45) is 0.802. The second-order valence-corrected chi connectivity index (χ2v) is 6.94. The molecule has 1 heterocycles. The Kier molecular flexibility index (Phi) is 5.08. The third kappa shape index (κ3) is 3.34. The first-order valence-corrected chi connectivity index (χ1v) is 9.08. The predicted octanol–water partition coefficient (Wildman–Crippen LogP) is 5.70. The van der Waals surface area contributed by atoms with Crippen LogP contribution >= 0.6 is 0 Å². The van der Waals surface area contributed by atoms with Gasteiger partial charge in [-0.05, 0) is 51.3 Å². The fourth-order valence-corrected chi connectivity index (χ4v) is 3.34. The zero-order chi connectivity index (χ0) is 18.8. The summed E-state index contributed by atoms with van der Waals surface area (Å²) < 4.78 is 5.49. The molecule has 0 amide bonds. The summed E-state index contributed by atoms with van der Waals surface area (Å²) in [7, 11) is 0. The van der Waals surface area contributed by atoms with Crippen molar-refractivity contribution < 1.29 is 9.53 Å². The third-order valence-electron chi connectivity index (χ3n) is 4.63. The molecule has 134 valence electrons. The molecule has 2 aromatic carbocycles. The topological polar surface area (TPSA) is 39.2 Å². The number of aromatic nitrogens is 1. The zero-order valence-electron chi connectivity index (χ0n) is 16.1. The van der Waals surface area contributed by atoms with E-state index >= 15 is 0 Å². The molecule has 0 aliphatic rings. The minimum atomic E-state index is -0.268. The van der Waals surface area contributed by atoms with Crippen molar-refractivity contribution in [1.82, 2.24) is 4.98 Å². The van der Waals surface area contributed by atoms with Gasteiger partial charge < -0.3 is 4.74 Å². The highest BCUT2D eigenvalue weighted by molar-refractivity contribution is 6.07. The SMILES string of the molecule is CCCOC(=O)c1c(C)c(-c2ccc(C)cc2)nc2c(C)cc(C)cc12. The van der Waals surface area contributed by atoms with E-state index in [9.17, 15) is 4.79 Å². The predicted molar refractivity (Wildman–Crippen MR) is 107 cm³/mol. The number of rotatable bonds is 4. The minimum Gasteiger partial charge on any atom is -0.462 e. The molecule has 0 bridgehead atoms. The van der Waals surface area contributed by atoms with Crippen LogP contribution in [-0.4, -0.2) is 17.6 Å². The van der Waals surface area contributed by atoms with Crippen molar-refractivity contribution in [2.24, 2.45) is 0 Å². The van der Waals surface area contributed by atoms with E-state index in [0.717, 1.165) is 45.3 Å². The Morgan fingerprint density at radius 3 is 2.35 bits per heavy atom. The Morgan fingerprint density at radius 2 is 1.69 bits per heavy atom. The van der Waals surface area contributed by atoms with Crippen LogP contribution in [0.5, 0.6) is 0 Å². The Morgan fingerprint density at radius 1 is 1.00 bits per heavy atom. The van der Waals surface area contributed by atoms with Crippen LogP contribution in [0.15, 0.2) is 36.4 Å². The molecule has 1 aromatic heterocycles. The van der Waals surface area contributed by atoms with Crippen LogP contribution in [0.1, 0.15) is 46.0 Å². The van der Waals surface area contributed by atoms with E-state index in [-0.39, 0.29) is 5.97 Å². The number of pyridine rings is 1. The minimum absolute atomic E-state index is 0.268. The molecule has 3 aromatic rings. The second-order valence-electron chi connectivity index (χ2n) is 6.94. The summed E-state index contributed by atoms with van der Waals surface area (Å²) >= 11 is 0. The molecule has 0 aliphatic carbocycles. The number of hydrogen-bond donors (Lipinski definition) is 0. The highest BCUT2D eigenvalue weighted by Crippen LogP contribution is 2.32. The van der Waals surface area contributed by atoms with Gasteiger partial charge in [-0.15, -0.1) is 0 Å². The van der Waals surface area contributed by atoms with E-state index < -0.39 is 0 Å². The highest BCUT2D eigenvalue weighted by Gasteiger charge is 2.21. The number of carbonyl (C=O) groups excluding carboxylic acids is 1. The van der Waals surface area contributed by atoms with Crippen LogP contribution in [-0.2, 0) is 4.74 Å². The molecule has 3 rings (SSSR count). The van der Waals surface area contributed by atoms with Crippen molar-refractivity contribution in [2.45, 2.75) is 41.0 Å². The van der Waals surface area contributed by atoms with E-state index in [1.54, 1.807) is 0 Å². The zero-order valence-corrected chi connectivity index (χ0v) is 16.1. The number of hydrogen-bond acceptors (Lipinski definition) is 3. The van der Waals surface area contributed by atoms with E-state index in [1.807, 2.05) is 33.8 Å².